The third-order valence-electron chi connectivity index (χ3n) is 4.63. The molecule has 0 amide bonds. The van der Waals surface area contributed by atoms with Crippen molar-refractivity contribution in [3.63, 3.8) is 0 Å². The number of rotatable bonds is 0. The van der Waals surface area contributed by atoms with Crippen LogP contribution in [0, 0.1) is 0 Å². The second kappa shape index (κ2) is 3.76. The largest absolute Gasteiger partial charge is 0.115 e. The van der Waals surface area contributed by atoms with Crippen molar-refractivity contribution in [2.24, 2.45) is 0 Å². The maximum atomic E-state index is 6.51. The van der Waals surface area contributed by atoms with E-state index in [9.17, 15) is 0 Å². The molecule has 20 heavy (non-hydrogen) atoms. The lowest BCUT2D eigenvalue weighted by atomic mass is 9.78. The molecule has 1 heteroatoms. The van der Waals surface area contributed by atoms with Crippen LogP contribution in [0.15, 0.2) is 54.6 Å². The molecule has 0 aromatic heterocycles. The van der Waals surface area contributed by atoms with Crippen LogP contribution in [-0.2, 0) is 5.41 Å². The van der Waals surface area contributed by atoms with Crippen molar-refractivity contribution in [1.82, 2.24) is 0 Å². The van der Waals surface area contributed by atoms with E-state index in [0.29, 0.717) is 0 Å². The van der Waals surface area contributed by atoms with Crippen LogP contribution in [0.25, 0.3) is 21.9 Å². The summed E-state index contributed by atoms with van der Waals surface area (Å²) >= 11 is 0. The van der Waals surface area contributed by atoms with Crippen LogP contribution < -0.4 is 5.46 Å². The minimum atomic E-state index is 0.0179. The Morgan fingerprint density at radius 3 is 2.40 bits per heavy atom. The molecular weight excluding hydrogens is 239 g/mol. The van der Waals surface area contributed by atoms with Crippen LogP contribution in [0.4, 0.5) is 0 Å². The summed E-state index contributed by atoms with van der Waals surface area (Å²) in [5.41, 5.74) is 6.16. The minimum absolute atomic E-state index is 0.0179. The molecule has 0 saturated heterocycles. The van der Waals surface area contributed by atoms with Crippen LogP contribution in [0.3, 0.4) is 0 Å². The van der Waals surface area contributed by atoms with Crippen LogP contribution in [-0.4, -0.2) is 7.85 Å². The van der Waals surface area contributed by atoms with Gasteiger partial charge in [0.05, 0.1) is 0 Å². The highest BCUT2D eigenvalue weighted by atomic mass is 14.4. The van der Waals surface area contributed by atoms with Gasteiger partial charge in [-0.1, -0.05) is 67.8 Å². The first kappa shape index (κ1) is 11.8. The molecule has 0 unspecified atom stereocenters. The van der Waals surface area contributed by atoms with Gasteiger partial charge in [0, 0.05) is 5.41 Å². The Balaban J connectivity index is 2.21. The van der Waals surface area contributed by atoms with Crippen molar-refractivity contribution in [2.45, 2.75) is 19.3 Å². The molecule has 3 aromatic carbocycles. The fraction of sp³-hybridized carbons (Fsp3) is 0.158. The second-order valence-corrected chi connectivity index (χ2v) is 6.10. The van der Waals surface area contributed by atoms with E-state index in [1.807, 2.05) is 0 Å². The molecule has 94 valence electrons. The summed E-state index contributed by atoms with van der Waals surface area (Å²) in [5, 5.41) is 2.38. The van der Waals surface area contributed by atoms with Crippen molar-refractivity contribution in [3.05, 3.63) is 65.7 Å². The van der Waals surface area contributed by atoms with Crippen molar-refractivity contribution in [1.29, 1.82) is 0 Å². The lowest BCUT2D eigenvalue weighted by molar-refractivity contribution is 0.661. The average molecular weight is 254 g/mol. The van der Waals surface area contributed by atoms with Gasteiger partial charge in [-0.25, -0.2) is 0 Å². The Morgan fingerprint density at radius 2 is 1.55 bits per heavy atom. The number of fused-ring (bicyclic) bond motifs is 4. The van der Waals surface area contributed by atoms with Crippen molar-refractivity contribution in [3.8, 4) is 11.1 Å². The Morgan fingerprint density at radius 1 is 0.850 bits per heavy atom. The summed E-state index contributed by atoms with van der Waals surface area (Å²) in [6.45, 7) is 4.57. The van der Waals surface area contributed by atoms with E-state index in [1.165, 1.54) is 27.6 Å². The third-order valence-corrected chi connectivity index (χ3v) is 4.63. The van der Waals surface area contributed by atoms with Gasteiger partial charge in [-0.3, -0.25) is 0 Å². The normalized spacial score (nSPS) is 15.1. The van der Waals surface area contributed by atoms with Crippen LogP contribution in [0.5, 0.6) is 0 Å². The monoisotopic (exact) mass is 254 g/mol. The van der Waals surface area contributed by atoms with Crippen molar-refractivity contribution in [2.75, 3.05) is 0 Å². The van der Waals surface area contributed by atoms with Crippen LogP contribution in [0.2, 0.25) is 0 Å². The van der Waals surface area contributed by atoms with E-state index in [4.69, 9.17) is 7.85 Å². The van der Waals surface area contributed by atoms with E-state index in [2.05, 4.69) is 68.4 Å². The zero-order valence-corrected chi connectivity index (χ0v) is 11.8. The Labute approximate surface area is 120 Å². The van der Waals surface area contributed by atoms with Gasteiger partial charge in [-0.2, -0.15) is 0 Å². The number of hydrogen-bond acceptors (Lipinski definition) is 0. The number of benzene rings is 3. The molecule has 0 bridgehead atoms. The van der Waals surface area contributed by atoms with Gasteiger partial charge in [-0.15, -0.1) is 0 Å². The first-order chi connectivity index (χ1) is 9.60. The van der Waals surface area contributed by atoms with Gasteiger partial charge in [0.15, 0.2) is 0 Å². The molecule has 0 spiro atoms. The predicted octanol–water partition coefficient (Wildman–Crippen LogP) is 3.94. The maximum Gasteiger partial charge on any atom is 0.115 e. The topological polar surface area (TPSA) is 0 Å². The Kier molecular flexibility index (Phi) is 2.21. The molecule has 2 radical (unpaired) electrons. The quantitative estimate of drug-likeness (QED) is 0.533. The van der Waals surface area contributed by atoms with Gasteiger partial charge < -0.3 is 0 Å². The summed E-state index contributed by atoms with van der Waals surface area (Å²) in [4.78, 5) is 0. The third kappa shape index (κ3) is 1.33. The second-order valence-electron chi connectivity index (χ2n) is 6.10. The van der Waals surface area contributed by atoms with E-state index in [0.717, 1.165) is 10.8 Å². The number of hydrogen-bond donors (Lipinski definition) is 0. The van der Waals surface area contributed by atoms with E-state index in [1.54, 1.807) is 0 Å². The SMILES string of the molecule is [B]c1c2c(cc3ccccc13)C(C)(C)c1ccccc1-2. The van der Waals surface area contributed by atoms with Gasteiger partial charge in [0.25, 0.3) is 0 Å². The maximum absolute atomic E-state index is 6.51. The van der Waals surface area contributed by atoms with Crippen molar-refractivity contribution < 1.29 is 0 Å². The minimum Gasteiger partial charge on any atom is -0.0810 e. The fourth-order valence-electron chi connectivity index (χ4n) is 3.55. The summed E-state index contributed by atoms with van der Waals surface area (Å²) in [5.74, 6) is 0. The molecule has 1 aliphatic carbocycles. The summed E-state index contributed by atoms with van der Waals surface area (Å²) in [6, 6.07) is 19.3. The lowest BCUT2D eigenvalue weighted by Gasteiger charge is -2.22. The average Bonchev–Trinajstić information content (AvgIpc) is 2.69. The first-order valence-electron chi connectivity index (χ1n) is 7.02. The lowest BCUT2D eigenvalue weighted by Crippen LogP contribution is -2.17. The van der Waals surface area contributed by atoms with E-state index in [-0.39, 0.29) is 5.41 Å². The van der Waals surface area contributed by atoms with Gasteiger partial charge in [-0.05, 0) is 39.1 Å². The molecule has 0 atom stereocenters. The standard InChI is InChI=1S/C19H15B/c1-19(2)15-10-6-5-9-14(15)17-16(19)11-12-7-3-4-8-13(12)18(17)20/h3-11H,1-2H3. The summed E-state index contributed by atoms with van der Waals surface area (Å²) in [7, 11) is 6.51. The first-order valence-corrected chi connectivity index (χ1v) is 7.02. The Hall–Kier alpha value is -2.02. The smallest absolute Gasteiger partial charge is 0.0810 e. The van der Waals surface area contributed by atoms with Gasteiger partial charge in [0.2, 0.25) is 0 Å². The highest BCUT2D eigenvalue weighted by molar-refractivity contribution is 6.43. The molecule has 0 N–H and O–H groups in total. The fourth-order valence-corrected chi connectivity index (χ4v) is 3.55. The summed E-state index contributed by atoms with van der Waals surface area (Å²) < 4.78 is 0. The molecular formula is C19H15B. The van der Waals surface area contributed by atoms with Gasteiger partial charge in [0.1, 0.15) is 7.85 Å². The van der Waals surface area contributed by atoms with Crippen LogP contribution >= 0.6 is 0 Å². The highest BCUT2D eigenvalue weighted by Crippen LogP contribution is 2.48. The van der Waals surface area contributed by atoms with Crippen molar-refractivity contribution >= 4 is 24.1 Å². The summed E-state index contributed by atoms with van der Waals surface area (Å²) in [6.07, 6.45) is 0. The predicted molar refractivity (Wildman–Crippen MR) is 86.9 cm³/mol. The molecule has 1 aliphatic rings. The molecule has 0 saturated carbocycles. The van der Waals surface area contributed by atoms with Gasteiger partial charge >= 0.3 is 0 Å². The zero-order chi connectivity index (χ0) is 13.9. The highest BCUT2D eigenvalue weighted by Gasteiger charge is 2.36. The molecule has 0 nitrogen and oxygen atoms in total. The molecule has 4 rings (SSSR count). The van der Waals surface area contributed by atoms with E-state index < -0.39 is 0 Å². The molecule has 3 aromatic rings. The molecule has 0 heterocycles. The molecule has 0 fully saturated rings. The zero-order valence-electron chi connectivity index (χ0n) is 11.8. The Bertz CT molecular complexity index is 844. The van der Waals surface area contributed by atoms with Crippen LogP contribution in [0.1, 0.15) is 25.0 Å². The van der Waals surface area contributed by atoms with E-state index >= 15 is 0 Å². The molecule has 0 aliphatic heterocycles.